The highest BCUT2D eigenvalue weighted by molar-refractivity contribution is 6.74. The van der Waals surface area contributed by atoms with E-state index in [9.17, 15) is 0 Å². The van der Waals surface area contributed by atoms with Gasteiger partial charge >= 0.3 is 0 Å². The summed E-state index contributed by atoms with van der Waals surface area (Å²) >= 11 is 0. The van der Waals surface area contributed by atoms with Crippen LogP contribution in [0.15, 0.2) is 42.0 Å². The molecule has 0 radical (unpaired) electrons. The molecule has 33 heavy (non-hydrogen) atoms. The predicted molar refractivity (Wildman–Crippen MR) is 145 cm³/mol. The first kappa shape index (κ1) is 23.7. The van der Waals surface area contributed by atoms with E-state index in [0.717, 1.165) is 40.9 Å². The Morgan fingerprint density at radius 3 is 2.55 bits per heavy atom. The van der Waals surface area contributed by atoms with Crippen LogP contribution in [0.3, 0.4) is 0 Å². The first-order valence-electron chi connectivity index (χ1n) is 12.1. The van der Waals surface area contributed by atoms with Crippen LogP contribution >= 0.6 is 0 Å². The normalized spacial score (nSPS) is 18.3. The summed E-state index contributed by atoms with van der Waals surface area (Å²) in [6.07, 6.45) is 8.74. The molecule has 4 heteroatoms. The predicted octanol–water partition coefficient (Wildman–Crippen LogP) is 8.92. The summed E-state index contributed by atoms with van der Waals surface area (Å²) < 4.78 is 13.2. The standard InChI is InChI=1S/C29H39NO2Si/c1-19(2)11-10-15-29(7)16-14-23-26-24(17-20(3)27(23)31-29)22-13-12-21(18-25(22)30-26)32-33(8,9)28(4,5)6/h11-14,16-18,30H,10,15H2,1-9H3. The average Bonchev–Trinajstić information content (AvgIpc) is 3.04. The topological polar surface area (TPSA) is 34.2 Å². The highest BCUT2D eigenvalue weighted by Crippen LogP contribution is 2.43. The number of aromatic amines is 1. The second-order valence-electron chi connectivity index (χ2n) is 11.6. The van der Waals surface area contributed by atoms with Gasteiger partial charge < -0.3 is 14.1 Å². The summed E-state index contributed by atoms with van der Waals surface area (Å²) in [5, 5.41) is 2.63. The Morgan fingerprint density at radius 2 is 1.88 bits per heavy atom. The van der Waals surface area contributed by atoms with E-state index in [4.69, 9.17) is 9.16 Å². The zero-order chi connectivity index (χ0) is 24.2. The van der Waals surface area contributed by atoms with E-state index in [0.29, 0.717) is 0 Å². The summed E-state index contributed by atoms with van der Waals surface area (Å²) in [5.41, 5.74) is 5.64. The number of nitrogens with one attached hydrogen (secondary N) is 1. The van der Waals surface area contributed by atoms with Crippen molar-refractivity contribution in [3.8, 4) is 11.5 Å². The summed E-state index contributed by atoms with van der Waals surface area (Å²) in [7, 11) is -1.89. The van der Waals surface area contributed by atoms with Gasteiger partial charge in [-0.15, -0.1) is 0 Å². The summed E-state index contributed by atoms with van der Waals surface area (Å²) in [4.78, 5) is 3.68. The van der Waals surface area contributed by atoms with Gasteiger partial charge in [-0.25, -0.2) is 0 Å². The van der Waals surface area contributed by atoms with Crippen LogP contribution in [0.25, 0.3) is 27.9 Å². The minimum absolute atomic E-state index is 0.166. The van der Waals surface area contributed by atoms with E-state index >= 15 is 0 Å². The molecule has 3 nitrogen and oxygen atoms in total. The summed E-state index contributed by atoms with van der Waals surface area (Å²) in [6.45, 7) is 20.0. The first-order chi connectivity index (χ1) is 15.3. The largest absolute Gasteiger partial charge is 0.543 e. The van der Waals surface area contributed by atoms with E-state index in [1.165, 1.54) is 21.9 Å². The molecule has 1 aliphatic rings. The number of allylic oxidation sites excluding steroid dienone is 2. The second-order valence-corrected chi connectivity index (χ2v) is 16.3. The van der Waals surface area contributed by atoms with Crippen LogP contribution in [0.1, 0.15) is 65.5 Å². The van der Waals surface area contributed by atoms with Crippen LogP contribution in [0.4, 0.5) is 0 Å². The van der Waals surface area contributed by atoms with Gasteiger partial charge in [0, 0.05) is 22.4 Å². The van der Waals surface area contributed by atoms with Crippen LogP contribution < -0.4 is 9.16 Å². The lowest BCUT2D eigenvalue weighted by molar-refractivity contribution is 0.128. The molecule has 3 aromatic rings. The number of hydrogen-bond donors (Lipinski definition) is 1. The van der Waals surface area contributed by atoms with E-state index in [2.05, 4.69) is 109 Å². The molecule has 0 saturated heterocycles. The molecule has 0 aliphatic carbocycles. The van der Waals surface area contributed by atoms with Crippen LogP contribution in [0.2, 0.25) is 18.1 Å². The molecule has 1 atom stereocenters. The van der Waals surface area contributed by atoms with Crippen molar-refractivity contribution in [3.63, 3.8) is 0 Å². The smallest absolute Gasteiger partial charge is 0.250 e. The number of hydrogen-bond acceptors (Lipinski definition) is 2. The summed E-state index contributed by atoms with van der Waals surface area (Å²) in [5.74, 6) is 1.94. The third-order valence-electron chi connectivity index (χ3n) is 7.35. The van der Waals surface area contributed by atoms with Crippen molar-refractivity contribution in [2.75, 3.05) is 0 Å². The Morgan fingerprint density at radius 1 is 1.15 bits per heavy atom. The Kier molecular flexibility index (Phi) is 5.80. The lowest BCUT2D eigenvalue weighted by atomic mass is 9.92. The Hall–Kier alpha value is -2.46. The minimum Gasteiger partial charge on any atom is -0.543 e. The van der Waals surface area contributed by atoms with Gasteiger partial charge in [0.15, 0.2) is 0 Å². The van der Waals surface area contributed by atoms with E-state index in [-0.39, 0.29) is 10.6 Å². The molecule has 1 N–H and O–H groups in total. The molecule has 2 aromatic carbocycles. The molecule has 2 heterocycles. The minimum atomic E-state index is -1.89. The Labute approximate surface area is 200 Å². The molecule has 4 rings (SSSR count). The molecule has 176 valence electrons. The third kappa shape index (κ3) is 4.50. The van der Waals surface area contributed by atoms with Gasteiger partial charge in [0.2, 0.25) is 8.32 Å². The molecule has 0 bridgehead atoms. The first-order valence-corrected chi connectivity index (χ1v) is 15.0. The molecule has 1 unspecified atom stereocenters. The average molecular weight is 462 g/mol. The van der Waals surface area contributed by atoms with Gasteiger partial charge in [0.05, 0.1) is 11.0 Å². The molecular formula is C29H39NO2Si. The van der Waals surface area contributed by atoms with Crippen molar-refractivity contribution < 1.29 is 9.16 Å². The molecular weight excluding hydrogens is 422 g/mol. The zero-order valence-electron chi connectivity index (χ0n) is 21.8. The molecule has 0 spiro atoms. The lowest BCUT2D eigenvalue weighted by Gasteiger charge is -2.36. The van der Waals surface area contributed by atoms with Gasteiger partial charge in [-0.05, 0) is 94.6 Å². The van der Waals surface area contributed by atoms with Crippen molar-refractivity contribution in [3.05, 3.63) is 53.1 Å². The highest BCUT2D eigenvalue weighted by atomic mass is 28.4. The van der Waals surface area contributed by atoms with E-state index in [1.54, 1.807) is 0 Å². The van der Waals surface area contributed by atoms with Crippen molar-refractivity contribution >= 4 is 36.2 Å². The molecule has 0 saturated carbocycles. The Balaban J connectivity index is 1.73. The number of benzene rings is 2. The van der Waals surface area contributed by atoms with Gasteiger partial charge in [-0.3, -0.25) is 0 Å². The fourth-order valence-electron chi connectivity index (χ4n) is 4.28. The molecule has 0 amide bonds. The fraction of sp³-hybridized carbons (Fsp3) is 0.448. The van der Waals surface area contributed by atoms with Crippen molar-refractivity contribution in [1.82, 2.24) is 4.98 Å². The molecule has 1 aliphatic heterocycles. The number of ether oxygens (including phenoxy) is 1. The number of aryl methyl sites for hydroxylation is 1. The number of H-pyrrole nitrogens is 1. The van der Waals surface area contributed by atoms with Crippen molar-refractivity contribution in [2.24, 2.45) is 0 Å². The maximum absolute atomic E-state index is 6.61. The van der Waals surface area contributed by atoms with Gasteiger partial charge in [-0.1, -0.05) is 32.4 Å². The van der Waals surface area contributed by atoms with Crippen molar-refractivity contribution in [1.29, 1.82) is 0 Å². The Bertz CT molecular complexity index is 1270. The number of fused-ring (bicyclic) bond motifs is 5. The zero-order valence-corrected chi connectivity index (χ0v) is 22.8. The lowest BCUT2D eigenvalue weighted by Crippen LogP contribution is -2.43. The van der Waals surface area contributed by atoms with Crippen LogP contribution in [-0.2, 0) is 0 Å². The van der Waals surface area contributed by atoms with Gasteiger partial charge in [0.1, 0.15) is 17.1 Å². The van der Waals surface area contributed by atoms with Gasteiger partial charge in [-0.2, -0.15) is 0 Å². The van der Waals surface area contributed by atoms with Crippen LogP contribution in [0, 0.1) is 6.92 Å². The molecule has 1 aromatic heterocycles. The SMILES string of the molecule is CC(C)=CCCC1(C)C=Cc2c(c(C)cc3c2[nH]c2cc(O[Si](C)(C)C(C)(C)C)ccc23)O1. The van der Waals surface area contributed by atoms with E-state index < -0.39 is 8.32 Å². The fourth-order valence-corrected chi connectivity index (χ4v) is 5.31. The second kappa shape index (κ2) is 8.09. The third-order valence-corrected chi connectivity index (χ3v) is 11.7. The van der Waals surface area contributed by atoms with Gasteiger partial charge in [0.25, 0.3) is 0 Å². The van der Waals surface area contributed by atoms with Crippen molar-refractivity contribution in [2.45, 2.75) is 85.0 Å². The number of rotatable bonds is 5. The van der Waals surface area contributed by atoms with Crippen LogP contribution in [-0.4, -0.2) is 18.9 Å². The van der Waals surface area contributed by atoms with E-state index in [1.807, 2.05) is 0 Å². The number of aromatic nitrogens is 1. The highest BCUT2D eigenvalue weighted by Gasteiger charge is 2.39. The maximum Gasteiger partial charge on any atom is 0.250 e. The quantitative estimate of drug-likeness (QED) is 0.304. The maximum atomic E-state index is 6.61. The summed E-state index contributed by atoms with van der Waals surface area (Å²) in [6, 6.07) is 8.74. The van der Waals surface area contributed by atoms with Crippen LogP contribution in [0.5, 0.6) is 11.5 Å². The monoisotopic (exact) mass is 461 g/mol. The molecule has 0 fully saturated rings.